The van der Waals surface area contributed by atoms with E-state index in [2.05, 4.69) is 15.5 Å². The number of furan rings is 1. The van der Waals surface area contributed by atoms with Crippen molar-refractivity contribution < 1.29 is 13.9 Å². The van der Waals surface area contributed by atoms with Gasteiger partial charge in [-0.3, -0.25) is 9.69 Å². The van der Waals surface area contributed by atoms with E-state index in [1.54, 1.807) is 6.26 Å². The van der Waals surface area contributed by atoms with Gasteiger partial charge in [0.2, 0.25) is 0 Å². The highest BCUT2D eigenvalue weighted by Gasteiger charge is 2.53. The number of fused-ring (bicyclic) bond motifs is 1. The number of hydrogen-bond donors (Lipinski definition) is 2. The standard InChI is InChI=1S/C20H23N3O3/c24-18-16-5-1-2-6-17(16)21-20(22-18)13-19(26-14-20)7-9-23(10-8-19)12-15-4-3-11-25-15/h1-6,11,21H,7-10,12-14H2,(H,22,24). The number of piperidine rings is 1. The number of benzene rings is 1. The molecule has 1 atom stereocenters. The normalized spacial score (nSPS) is 27.3. The number of nitrogens with one attached hydrogen (secondary N) is 2. The number of likely N-dealkylation sites (tertiary alicyclic amines) is 1. The number of carbonyl (C=O) groups excluding carboxylic acids is 1. The van der Waals surface area contributed by atoms with Crippen LogP contribution in [-0.2, 0) is 11.3 Å². The minimum Gasteiger partial charge on any atom is -0.468 e. The van der Waals surface area contributed by atoms with Crippen LogP contribution in [-0.4, -0.2) is 41.8 Å². The Bertz CT molecular complexity index is 811. The summed E-state index contributed by atoms with van der Waals surface area (Å²) in [6, 6.07) is 11.6. The molecule has 3 aliphatic heterocycles. The number of anilines is 1. The second-order valence-electron chi connectivity index (χ2n) is 7.71. The monoisotopic (exact) mass is 353 g/mol. The summed E-state index contributed by atoms with van der Waals surface area (Å²) in [6.45, 7) is 3.30. The van der Waals surface area contributed by atoms with Crippen LogP contribution in [0.4, 0.5) is 5.69 Å². The summed E-state index contributed by atoms with van der Waals surface area (Å²) in [5.74, 6) is 0.984. The van der Waals surface area contributed by atoms with Crippen LogP contribution in [0.2, 0.25) is 0 Å². The van der Waals surface area contributed by atoms with E-state index >= 15 is 0 Å². The Labute approximate surface area is 152 Å². The molecule has 1 unspecified atom stereocenters. The van der Waals surface area contributed by atoms with Crippen LogP contribution in [0.15, 0.2) is 47.1 Å². The molecule has 3 aliphatic rings. The predicted octanol–water partition coefficient (Wildman–Crippen LogP) is 2.59. The quantitative estimate of drug-likeness (QED) is 0.869. The second kappa shape index (κ2) is 5.86. The SMILES string of the molecule is O=C1NC2(COC3(CCN(Cc4ccco4)CC3)C2)Nc2ccccc21. The van der Waals surface area contributed by atoms with Gasteiger partial charge in [-0.05, 0) is 37.1 Å². The summed E-state index contributed by atoms with van der Waals surface area (Å²) in [7, 11) is 0. The van der Waals surface area contributed by atoms with Gasteiger partial charge in [-0.15, -0.1) is 0 Å². The Hall–Kier alpha value is -2.31. The van der Waals surface area contributed by atoms with E-state index in [0.717, 1.165) is 50.3 Å². The zero-order valence-corrected chi connectivity index (χ0v) is 14.7. The Balaban J connectivity index is 1.27. The molecule has 4 heterocycles. The maximum atomic E-state index is 12.5. The molecule has 136 valence electrons. The first kappa shape index (κ1) is 15.9. The van der Waals surface area contributed by atoms with Gasteiger partial charge in [0, 0.05) is 25.2 Å². The first-order valence-corrected chi connectivity index (χ1v) is 9.24. The highest BCUT2D eigenvalue weighted by Crippen LogP contribution is 2.42. The van der Waals surface area contributed by atoms with Gasteiger partial charge in [0.25, 0.3) is 5.91 Å². The van der Waals surface area contributed by atoms with Crippen molar-refractivity contribution in [2.45, 2.75) is 37.1 Å². The van der Waals surface area contributed by atoms with Crippen molar-refractivity contribution in [2.75, 3.05) is 25.0 Å². The molecule has 0 saturated carbocycles. The van der Waals surface area contributed by atoms with Crippen LogP contribution in [0, 0.1) is 0 Å². The van der Waals surface area contributed by atoms with Crippen LogP contribution in [0.1, 0.15) is 35.4 Å². The number of ether oxygens (including phenoxy) is 1. The van der Waals surface area contributed by atoms with Crippen LogP contribution in [0.5, 0.6) is 0 Å². The summed E-state index contributed by atoms with van der Waals surface area (Å²) in [4.78, 5) is 14.9. The highest BCUT2D eigenvalue weighted by atomic mass is 16.5. The lowest BCUT2D eigenvalue weighted by Crippen LogP contribution is -2.59. The van der Waals surface area contributed by atoms with Crippen LogP contribution >= 0.6 is 0 Å². The minimum atomic E-state index is -0.491. The minimum absolute atomic E-state index is 0.0183. The lowest BCUT2D eigenvalue weighted by Gasteiger charge is -2.40. The Morgan fingerprint density at radius 2 is 1.92 bits per heavy atom. The van der Waals surface area contributed by atoms with Gasteiger partial charge in [0.05, 0.1) is 30.6 Å². The van der Waals surface area contributed by atoms with E-state index < -0.39 is 5.66 Å². The van der Waals surface area contributed by atoms with Gasteiger partial charge in [0.1, 0.15) is 11.4 Å². The molecule has 2 N–H and O–H groups in total. The Morgan fingerprint density at radius 3 is 2.73 bits per heavy atom. The average Bonchev–Trinajstić information content (AvgIpc) is 3.26. The molecule has 1 amide bonds. The topological polar surface area (TPSA) is 66.7 Å². The number of amides is 1. The third-order valence-electron chi connectivity index (χ3n) is 5.87. The molecule has 2 fully saturated rings. The fourth-order valence-corrected chi connectivity index (χ4v) is 4.52. The molecule has 6 nitrogen and oxygen atoms in total. The van der Waals surface area contributed by atoms with Gasteiger partial charge in [-0.1, -0.05) is 12.1 Å². The van der Waals surface area contributed by atoms with Crippen LogP contribution in [0.3, 0.4) is 0 Å². The smallest absolute Gasteiger partial charge is 0.255 e. The molecule has 0 aliphatic carbocycles. The van der Waals surface area contributed by atoms with Crippen molar-refractivity contribution in [2.24, 2.45) is 0 Å². The number of carbonyl (C=O) groups is 1. The number of para-hydroxylation sites is 1. The lowest BCUT2D eigenvalue weighted by molar-refractivity contribution is -0.0461. The third-order valence-corrected chi connectivity index (χ3v) is 5.87. The molecule has 6 heteroatoms. The maximum Gasteiger partial charge on any atom is 0.255 e. The first-order chi connectivity index (χ1) is 12.7. The highest BCUT2D eigenvalue weighted by molar-refractivity contribution is 6.02. The summed E-state index contributed by atoms with van der Waals surface area (Å²) in [5, 5.41) is 6.70. The third kappa shape index (κ3) is 2.70. The van der Waals surface area contributed by atoms with Gasteiger partial charge < -0.3 is 19.8 Å². The number of hydrogen-bond acceptors (Lipinski definition) is 5. The second-order valence-corrected chi connectivity index (χ2v) is 7.71. The lowest BCUT2D eigenvalue weighted by atomic mass is 9.84. The molecule has 2 saturated heterocycles. The van der Waals surface area contributed by atoms with E-state index in [4.69, 9.17) is 9.15 Å². The summed E-state index contributed by atoms with van der Waals surface area (Å²) < 4.78 is 11.8. The van der Waals surface area contributed by atoms with Crippen molar-refractivity contribution in [1.82, 2.24) is 10.2 Å². The summed E-state index contributed by atoms with van der Waals surface area (Å²) in [5.41, 5.74) is 0.945. The van der Waals surface area contributed by atoms with Gasteiger partial charge in [-0.2, -0.15) is 0 Å². The van der Waals surface area contributed by atoms with Crippen molar-refractivity contribution >= 4 is 11.6 Å². The molecule has 5 rings (SSSR count). The largest absolute Gasteiger partial charge is 0.468 e. The van der Waals surface area contributed by atoms with E-state index in [1.807, 2.05) is 36.4 Å². The predicted molar refractivity (Wildman–Crippen MR) is 96.8 cm³/mol. The fourth-order valence-electron chi connectivity index (χ4n) is 4.52. The molecule has 1 aromatic carbocycles. The Morgan fingerprint density at radius 1 is 1.08 bits per heavy atom. The molecule has 1 aromatic heterocycles. The number of rotatable bonds is 2. The van der Waals surface area contributed by atoms with E-state index in [0.29, 0.717) is 12.2 Å². The van der Waals surface area contributed by atoms with Crippen molar-refractivity contribution in [3.8, 4) is 0 Å². The molecule has 0 bridgehead atoms. The summed E-state index contributed by atoms with van der Waals surface area (Å²) >= 11 is 0. The van der Waals surface area contributed by atoms with Gasteiger partial charge >= 0.3 is 0 Å². The molecule has 26 heavy (non-hydrogen) atoms. The van der Waals surface area contributed by atoms with Crippen molar-refractivity contribution in [1.29, 1.82) is 0 Å². The fraction of sp³-hybridized carbons (Fsp3) is 0.450. The van der Waals surface area contributed by atoms with Crippen molar-refractivity contribution in [3.05, 3.63) is 54.0 Å². The Kier molecular flexibility index (Phi) is 3.58. The molecule has 2 spiro atoms. The number of nitrogens with zero attached hydrogens (tertiary/aromatic N) is 1. The van der Waals surface area contributed by atoms with E-state index in [-0.39, 0.29) is 11.5 Å². The van der Waals surface area contributed by atoms with E-state index in [1.165, 1.54) is 0 Å². The molecule has 0 radical (unpaired) electrons. The zero-order valence-electron chi connectivity index (χ0n) is 14.7. The first-order valence-electron chi connectivity index (χ1n) is 9.24. The maximum absolute atomic E-state index is 12.5. The molecular formula is C20H23N3O3. The summed E-state index contributed by atoms with van der Waals surface area (Å²) in [6.07, 6.45) is 4.46. The zero-order chi connectivity index (χ0) is 17.6. The van der Waals surface area contributed by atoms with Crippen LogP contribution in [0.25, 0.3) is 0 Å². The average molecular weight is 353 g/mol. The van der Waals surface area contributed by atoms with Gasteiger partial charge in [-0.25, -0.2) is 0 Å². The van der Waals surface area contributed by atoms with Crippen LogP contribution < -0.4 is 10.6 Å². The molecular weight excluding hydrogens is 330 g/mol. The van der Waals surface area contributed by atoms with Gasteiger partial charge in [0.15, 0.2) is 0 Å². The van der Waals surface area contributed by atoms with Crippen molar-refractivity contribution in [3.63, 3.8) is 0 Å². The molecule has 2 aromatic rings. The van der Waals surface area contributed by atoms with E-state index in [9.17, 15) is 4.79 Å².